The molecule has 5 nitrogen and oxygen atoms in total. The number of benzene rings is 1. The van der Waals surface area contributed by atoms with Crippen LogP contribution >= 0.6 is 0 Å². The number of para-hydroxylation sites is 1. The number of halogens is 1. The van der Waals surface area contributed by atoms with Crippen LogP contribution in [-0.4, -0.2) is 29.0 Å². The highest BCUT2D eigenvalue weighted by Gasteiger charge is 2.16. The number of fused-ring (bicyclic) bond motifs is 2. The Morgan fingerprint density at radius 1 is 1.31 bits per heavy atom. The van der Waals surface area contributed by atoms with Crippen LogP contribution < -0.4 is 10.6 Å². The molecule has 4 N–H and O–H groups in total. The van der Waals surface area contributed by atoms with Crippen LogP contribution in [0.15, 0.2) is 24.3 Å². The molecule has 0 bridgehead atoms. The largest absolute Gasteiger partial charge is 0.356 e. The third-order valence-corrected chi connectivity index (χ3v) is 5.10. The monoisotopic (exact) mass is 354 g/mol. The molecule has 0 fully saturated rings. The highest BCUT2D eigenvalue weighted by atomic mass is 19.1. The number of aryl methyl sites for hydroxylation is 2. The van der Waals surface area contributed by atoms with Crippen molar-refractivity contribution in [2.75, 3.05) is 13.1 Å². The Kier molecular flexibility index (Phi) is 4.51. The Balaban J connectivity index is 1.43. The van der Waals surface area contributed by atoms with Crippen molar-refractivity contribution in [2.45, 2.75) is 32.7 Å². The van der Waals surface area contributed by atoms with E-state index in [0.717, 1.165) is 48.3 Å². The van der Waals surface area contributed by atoms with Gasteiger partial charge in [-0.2, -0.15) is 0 Å². The van der Waals surface area contributed by atoms with Crippen LogP contribution in [0.25, 0.3) is 10.9 Å². The molecule has 1 amide bonds. The van der Waals surface area contributed by atoms with Gasteiger partial charge in [0.15, 0.2) is 0 Å². The Morgan fingerprint density at radius 2 is 2.19 bits per heavy atom. The van der Waals surface area contributed by atoms with Crippen LogP contribution in [0.3, 0.4) is 0 Å². The molecule has 0 saturated carbocycles. The van der Waals surface area contributed by atoms with Gasteiger partial charge >= 0.3 is 0 Å². The van der Waals surface area contributed by atoms with Crippen molar-refractivity contribution in [1.82, 2.24) is 20.6 Å². The molecule has 3 heterocycles. The van der Waals surface area contributed by atoms with Gasteiger partial charge < -0.3 is 20.6 Å². The number of amides is 1. The van der Waals surface area contributed by atoms with Crippen molar-refractivity contribution < 1.29 is 9.18 Å². The molecule has 0 spiro atoms. The molecular weight excluding hydrogens is 331 g/mol. The van der Waals surface area contributed by atoms with Crippen LogP contribution in [0.4, 0.5) is 4.39 Å². The number of aromatic amines is 2. The van der Waals surface area contributed by atoms with Gasteiger partial charge in [0.2, 0.25) is 0 Å². The topological polar surface area (TPSA) is 72.7 Å². The number of rotatable bonds is 4. The summed E-state index contributed by atoms with van der Waals surface area (Å²) in [5.41, 5.74) is 5.47. The zero-order valence-corrected chi connectivity index (χ0v) is 14.8. The van der Waals surface area contributed by atoms with Gasteiger partial charge in [0, 0.05) is 29.9 Å². The summed E-state index contributed by atoms with van der Waals surface area (Å²) in [6.45, 7) is 4.25. The maximum Gasteiger partial charge on any atom is 0.267 e. The van der Waals surface area contributed by atoms with Gasteiger partial charge in [-0.05, 0) is 56.0 Å². The maximum absolute atomic E-state index is 13.9. The van der Waals surface area contributed by atoms with E-state index in [2.05, 4.69) is 20.6 Å². The summed E-state index contributed by atoms with van der Waals surface area (Å²) in [6.07, 6.45) is 2.70. The lowest BCUT2D eigenvalue weighted by Crippen LogP contribution is -2.26. The maximum atomic E-state index is 13.9. The third kappa shape index (κ3) is 3.12. The Morgan fingerprint density at radius 3 is 3.08 bits per heavy atom. The molecule has 0 radical (unpaired) electrons. The molecule has 0 aliphatic carbocycles. The second-order valence-corrected chi connectivity index (χ2v) is 6.86. The molecule has 0 atom stereocenters. The molecular formula is C20H23FN4O. The first-order valence-electron chi connectivity index (χ1n) is 9.09. The number of H-pyrrole nitrogens is 2. The fourth-order valence-electron chi connectivity index (χ4n) is 3.74. The minimum absolute atomic E-state index is 0.0956. The molecule has 26 heavy (non-hydrogen) atoms. The van der Waals surface area contributed by atoms with Crippen molar-refractivity contribution in [3.8, 4) is 0 Å². The Labute approximate surface area is 151 Å². The van der Waals surface area contributed by atoms with Crippen molar-refractivity contribution in [3.63, 3.8) is 0 Å². The van der Waals surface area contributed by atoms with Gasteiger partial charge in [0.25, 0.3) is 5.91 Å². The summed E-state index contributed by atoms with van der Waals surface area (Å²) in [5, 5.41) is 7.21. The van der Waals surface area contributed by atoms with E-state index in [1.54, 1.807) is 6.07 Å². The lowest BCUT2D eigenvalue weighted by atomic mass is 10.1. The first kappa shape index (κ1) is 16.8. The van der Waals surface area contributed by atoms with E-state index in [4.69, 9.17) is 0 Å². The molecule has 4 rings (SSSR count). The van der Waals surface area contributed by atoms with Gasteiger partial charge in [-0.15, -0.1) is 0 Å². The van der Waals surface area contributed by atoms with Crippen molar-refractivity contribution in [3.05, 3.63) is 58.3 Å². The van der Waals surface area contributed by atoms with E-state index in [9.17, 15) is 9.18 Å². The first-order chi connectivity index (χ1) is 12.6. The summed E-state index contributed by atoms with van der Waals surface area (Å²) in [6, 6.07) is 7.02. The van der Waals surface area contributed by atoms with E-state index < -0.39 is 0 Å². The number of nitrogens with one attached hydrogen (secondary N) is 4. The number of carbonyl (C=O) groups excluding carboxylic acids is 1. The Bertz CT molecular complexity index is 933. The molecule has 2 aromatic heterocycles. The zero-order chi connectivity index (χ0) is 18.1. The molecule has 0 saturated heterocycles. The molecule has 1 aliphatic heterocycles. The van der Waals surface area contributed by atoms with Crippen molar-refractivity contribution in [2.24, 2.45) is 0 Å². The fraction of sp³-hybridized carbons (Fsp3) is 0.350. The van der Waals surface area contributed by atoms with Crippen LogP contribution in [0, 0.1) is 12.7 Å². The predicted octanol–water partition coefficient (Wildman–Crippen LogP) is 2.95. The van der Waals surface area contributed by atoms with Gasteiger partial charge in [-0.1, -0.05) is 12.1 Å². The molecule has 3 aromatic rings. The third-order valence-electron chi connectivity index (χ3n) is 5.10. The van der Waals surface area contributed by atoms with Gasteiger partial charge in [0.1, 0.15) is 11.5 Å². The second-order valence-electron chi connectivity index (χ2n) is 6.86. The van der Waals surface area contributed by atoms with E-state index in [1.807, 2.05) is 19.1 Å². The van der Waals surface area contributed by atoms with Crippen LogP contribution in [0.1, 0.15) is 39.4 Å². The van der Waals surface area contributed by atoms with E-state index in [0.29, 0.717) is 24.2 Å². The van der Waals surface area contributed by atoms with E-state index >= 15 is 0 Å². The summed E-state index contributed by atoms with van der Waals surface area (Å²) in [7, 11) is 0. The lowest BCUT2D eigenvalue weighted by molar-refractivity contribution is 0.0949. The fourth-order valence-corrected chi connectivity index (χ4v) is 3.74. The highest BCUT2D eigenvalue weighted by Crippen LogP contribution is 2.24. The van der Waals surface area contributed by atoms with Crippen molar-refractivity contribution in [1.29, 1.82) is 0 Å². The average Bonchev–Trinajstić information content (AvgIpc) is 3.10. The van der Waals surface area contributed by atoms with E-state index in [1.165, 1.54) is 11.6 Å². The number of hydrogen-bond acceptors (Lipinski definition) is 2. The average molecular weight is 354 g/mol. The van der Waals surface area contributed by atoms with Crippen LogP contribution in [0.5, 0.6) is 0 Å². The summed E-state index contributed by atoms with van der Waals surface area (Å²) < 4.78 is 13.9. The minimum Gasteiger partial charge on any atom is -0.356 e. The zero-order valence-electron chi connectivity index (χ0n) is 14.8. The van der Waals surface area contributed by atoms with Crippen molar-refractivity contribution >= 4 is 16.8 Å². The molecule has 0 unspecified atom stereocenters. The lowest BCUT2D eigenvalue weighted by Gasteiger charge is -2.05. The second kappa shape index (κ2) is 6.96. The van der Waals surface area contributed by atoms with E-state index in [-0.39, 0.29) is 11.7 Å². The standard InChI is InChI=1S/C20H23FN4O/c1-12-14(15-4-2-5-16(21)19(15)24-12)7-9-23-20(26)18-10-13-11-22-8-3-6-17(13)25-18/h2,4-5,10,22,24-25H,3,6-9,11H2,1H3,(H,23,26). The van der Waals surface area contributed by atoms with Gasteiger partial charge in [-0.3, -0.25) is 4.79 Å². The molecule has 136 valence electrons. The smallest absolute Gasteiger partial charge is 0.267 e. The summed E-state index contributed by atoms with van der Waals surface area (Å²) in [5.74, 6) is -0.343. The minimum atomic E-state index is -0.248. The predicted molar refractivity (Wildman–Crippen MR) is 99.9 cm³/mol. The number of carbonyl (C=O) groups is 1. The highest BCUT2D eigenvalue weighted by molar-refractivity contribution is 5.93. The SMILES string of the molecule is Cc1[nH]c2c(F)cccc2c1CCNC(=O)c1cc2c([nH]1)CCCNC2. The van der Waals surface area contributed by atoms with Gasteiger partial charge in [-0.25, -0.2) is 4.39 Å². The van der Waals surface area contributed by atoms with Gasteiger partial charge in [0.05, 0.1) is 5.52 Å². The van der Waals surface area contributed by atoms with Crippen LogP contribution in [0.2, 0.25) is 0 Å². The summed E-state index contributed by atoms with van der Waals surface area (Å²) in [4.78, 5) is 18.8. The molecule has 6 heteroatoms. The molecule has 1 aromatic carbocycles. The quantitative estimate of drug-likeness (QED) is 0.582. The number of aromatic nitrogens is 2. The normalized spacial score (nSPS) is 14.2. The first-order valence-corrected chi connectivity index (χ1v) is 9.09. The number of hydrogen-bond donors (Lipinski definition) is 4. The summed E-state index contributed by atoms with van der Waals surface area (Å²) >= 11 is 0. The van der Waals surface area contributed by atoms with Crippen LogP contribution in [-0.2, 0) is 19.4 Å². The molecule has 1 aliphatic rings. The Hall–Kier alpha value is -2.60.